The monoisotopic (exact) mass is 262 g/mol. The van der Waals surface area contributed by atoms with Gasteiger partial charge in [0.15, 0.2) is 0 Å². The molecule has 0 radical (unpaired) electrons. The lowest BCUT2D eigenvalue weighted by atomic mass is 9.98. The van der Waals surface area contributed by atoms with Gasteiger partial charge in [-0.05, 0) is 37.3 Å². The second-order valence-electron chi connectivity index (χ2n) is 4.90. The number of carbonyl (C=O) groups is 1. The number of ether oxygens (including phenoxy) is 1. The number of para-hydroxylation sites is 1. The summed E-state index contributed by atoms with van der Waals surface area (Å²) < 4.78 is 4.98. The van der Waals surface area contributed by atoms with Crippen molar-refractivity contribution in [3.05, 3.63) is 29.3 Å². The van der Waals surface area contributed by atoms with Crippen LogP contribution in [0.5, 0.6) is 0 Å². The summed E-state index contributed by atoms with van der Waals surface area (Å²) in [5.74, 6) is -0.0553. The zero-order chi connectivity index (χ0) is 13.7. The number of carbonyl (C=O) groups excluding carboxylic acids is 1. The van der Waals surface area contributed by atoms with E-state index in [9.17, 15) is 4.79 Å². The van der Waals surface area contributed by atoms with E-state index in [1.165, 1.54) is 23.2 Å². The van der Waals surface area contributed by atoms with Crippen LogP contribution in [0.25, 0.3) is 0 Å². The minimum absolute atomic E-state index is 0.0553. The Morgan fingerprint density at radius 3 is 3.16 bits per heavy atom. The first kappa shape index (κ1) is 13.9. The van der Waals surface area contributed by atoms with Crippen molar-refractivity contribution in [2.75, 3.05) is 25.5 Å². The molecule has 0 saturated heterocycles. The van der Waals surface area contributed by atoms with Crippen LogP contribution in [0.4, 0.5) is 5.69 Å². The van der Waals surface area contributed by atoms with E-state index in [1.807, 2.05) is 0 Å². The number of anilines is 1. The highest BCUT2D eigenvalue weighted by molar-refractivity contribution is 5.80. The Bertz CT molecular complexity index is 446. The standard InChI is InChI=1S/C15H22N2O2/c1-11(19-2)15(18)17-10-8-13-6-3-5-12-7-4-9-16-14(12)13/h3,5-6,11,16H,4,7-10H2,1-2H3,(H,17,18). The molecule has 1 aliphatic rings. The molecule has 1 unspecified atom stereocenters. The molecule has 0 aromatic heterocycles. The molecular formula is C15H22N2O2. The lowest BCUT2D eigenvalue weighted by molar-refractivity contribution is -0.129. The number of nitrogens with one attached hydrogen (secondary N) is 2. The summed E-state index contributed by atoms with van der Waals surface area (Å²) in [5, 5.41) is 6.36. The van der Waals surface area contributed by atoms with Gasteiger partial charge in [0.05, 0.1) is 0 Å². The molecule has 0 fully saturated rings. The Balaban J connectivity index is 1.91. The summed E-state index contributed by atoms with van der Waals surface area (Å²) in [6.45, 7) is 3.43. The van der Waals surface area contributed by atoms with Crippen LogP contribution in [0, 0.1) is 0 Å². The maximum absolute atomic E-state index is 11.6. The molecule has 1 amide bonds. The molecule has 1 aromatic carbocycles. The minimum atomic E-state index is -0.386. The Kier molecular flexibility index (Phi) is 4.80. The first-order chi connectivity index (χ1) is 9.22. The first-order valence-corrected chi connectivity index (χ1v) is 6.87. The Morgan fingerprint density at radius 2 is 2.37 bits per heavy atom. The highest BCUT2D eigenvalue weighted by atomic mass is 16.5. The van der Waals surface area contributed by atoms with E-state index < -0.39 is 0 Å². The summed E-state index contributed by atoms with van der Waals surface area (Å²) in [4.78, 5) is 11.6. The van der Waals surface area contributed by atoms with Gasteiger partial charge < -0.3 is 15.4 Å². The number of fused-ring (bicyclic) bond motifs is 1. The molecular weight excluding hydrogens is 240 g/mol. The Hall–Kier alpha value is -1.55. The van der Waals surface area contributed by atoms with Crippen molar-refractivity contribution < 1.29 is 9.53 Å². The van der Waals surface area contributed by atoms with Gasteiger partial charge in [-0.15, -0.1) is 0 Å². The molecule has 1 aromatic rings. The van der Waals surface area contributed by atoms with Crippen molar-refractivity contribution >= 4 is 11.6 Å². The fraction of sp³-hybridized carbons (Fsp3) is 0.533. The van der Waals surface area contributed by atoms with Crippen LogP contribution in [-0.2, 0) is 22.4 Å². The summed E-state index contributed by atoms with van der Waals surface area (Å²) in [5.41, 5.74) is 3.94. The molecule has 2 N–H and O–H groups in total. The minimum Gasteiger partial charge on any atom is -0.385 e. The lowest BCUT2D eigenvalue weighted by Crippen LogP contribution is -2.35. The molecule has 1 heterocycles. The molecule has 0 aliphatic carbocycles. The van der Waals surface area contributed by atoms with E-state index in [0.717, 1.165) is 19.4 Å². The number of hydrogen-bond acceptors (Lipinski definition) is 3. The van der Waals surface area contributed by atoms with Crippen molar-refractivity contribution in [2.24, 2.45) is 0 Å². The number of rotatable bonds is 5. The van der Waals surface area contributed by atoms with Gasteiger partial charge in [0.1, 0.15) is 6.10 Å². The molecule has 0 spiro atoms. The third-order valence-corrected chi connectivity index (χ3v) is 3.58. The van der Waals surface area contributed by atoms with Crippen LogP contribution < -0.4 is 10.6 Å². The number of amides is 1. The van der Waals surface area contributed by atoms with Crippen LogP contribution in [0.15, 0.2) is 18.2 Å². The van der Waals surface area contributed by atoms with Crippen LogP contribution in [-0.4, -0.2) is 32.2 Å². The molecule has 4 heteroatoms. The van der Waals surface area contributed by atoms with Gasteiger partial charge in [0.2, 0.25) is 5.91 Å². The zero-order valence-electron chi connectivity index (χ0n) is 11.7. The zero-order valence-corrected chi connectivity index (χ0v) is 11.7. The normalized spacial score (nSPS) is 15.3. The average molecular weight is 262 g/mol. The van der Waals surface area contributed by atoms with Crippen LogP contribution in [0.2, 0.25) is 0 Å². The smallest absolute Gasteiger partial charge is 0.248 e. The van der Waals surface area contributed by atoms with Gasteiger partial charge in [-0.1, -0.05) is 18.2 Å². The third kappa shape index (κ3) is 3.47. The summed E-state index contributed by atoms with van der Waals surface area (Å²) in [7, 11) is 1.54. The molecule has 104 valence electrons. The van der Waals surface area contributed by atoms with Crippen molar-refractivity contribution in [2.45, 2.75) is 32.3 Å². The molecule has 1 aliphatic heterocycles. The van der Waals surface area contributed by atoms with Gasteiger partial charge >= 0.3 is 0 Å². The van der Waals surface area contributed by atoms with Crippen molar-refractivity contribution in [3.8, 4) is 0 Å². The van der Waals surface area contributed by atoms with E-state index in [1.54, 1.807) is 14.0 Å². The van der Waals surface area contributed by atoms with E-state index in [-0.39, 0.29) is 12.0 Å². The molecule has 4 nitrogen and oxygen atoms in total. The first-order valence-electron chi connectivity index (χ1n) is 6.87. The van der Waals surface area contributed by atoms with Gasteiger partial charge in [-0.3, -0.25) is 4.79 Å². The maximum Gasteiger partial charge on any atom is 0.248 e. The van der Waals surface area contributed by atoms with E-state index >= 15 is 0 Å². The number of benzene rings is 1. The lowest BCUT2D eigenvalue weighted by Gasteiger charge is -2.21. The van der Waals surface area contributed by atoms with Gasteiger partial charge in [-0.2, -0.15) is 0 Å². The Labute approximate surface area is 114 Å². The topological polar surface area (TPSA) is 50.4 Å². The van der Waals surface area contributed by atoms with Gasteiger partial charge in [-0.25, -0.2) is 0 Å². The maximum atomic E-state index is 11.6. The Morgan fingerprint density at radius 1 is 1.53 bits per heavy atom. The quantitative estimate of drug-likeness (QED) is 0.850. The fourth-order valence-electron chi connectivity index (χ4n) is 2.36. The van der Waals surface area contributed by atoms with Crippen LogP contribution in [0.1, 0.15) is 24.5 Å². The molecule has 0 saturated carbocycles. The van der Waals surface area contributed by atoms with E-state index in [2.05, 4.69) is 28.8 Å². The highest BCUT2D eigenvalue weighted by Crippen LogP contribution is 2.26. The van der Waals surface area contributed by atoms with Crippen molar-refractivity contribution in [1.29, 1.82) is 0 Å². The molecule has 0 bridgehead atoms. The summed E-state index contributed by atoms with van der Waals surface area (Å²) in [6, 6.07) is 6.40. The molecule has 19 heavy (non-hydrogen) atoms. The van der Waals surface area contributed by atoms with Gasteiger partial charge in [0, 0.05) is 25.9 Å². The SMILES string of the molecule is COC(C)C(=O)NCCc1cccc2c1NCCC2. The van der Waals surface area contributed by atoms with E-state index in [4.69, 9.17) is 4.74 Å². The fourth-order valence-corrected chi connectivity index (χ4v) is 2.36. The summed E-state index contributed by atoms with van der Waals surface area (Å²) in [6.07, 6.45) is 2.79. The second-order valence-corrected chi connectivity index (χ2v) is 4.90. The highest BCUT2D eigenvalue weighted by Gasteiger charge is 2.13. The second kappa shape index (κ2) is 6.57. The third-order valence-electron chi connectivity index (χ3n) is 3.58. The average Bonchev–Trinajstić information content (AvgIpc) is 2.46. The number of aryl methyl sites for hydroxylation is 1. The molecule has 1 atom stereocenters. The summed E-state index contributed by atoms with van der Waals surface area (Å²) >= 11 is 0. The number of hydrogen-bond donors (Lipinski definition) is 2. The van der Waals surface area contributed by atoms with E-state index in [0.29, 0.717) is 6.54 Å². The number of methoxy groups -OCH3 is 1. The predicted octanol–water partition coefficient (Wildman–Crippen LogP) is 1.74. The predicted molar refractivity (Wildman–Crippen MR) is 76.4 cm³/mol. The largest absolute Gasteiger partial charge is 0.385 e. The van der Waals surface area contributed by atoms with Gasteiger partial charge in [0.25, 0.3) is 0 Å². The molecule has 2 rings (SSSR count). The van der Waals surface area contributed by atoms with Crippen molar-refractivity contribution in [1.82, 2.24) is 5.32 Å². The van der Waals surface area contributed by atoms with Crippen molar-refractivity contribution in [3.63, 3.8) is 0 Å². The van der Waals surface area contributed by atoms with Crippen LogP contribution in [0.3, 0.4) is 0 Å². The van der Waals surface area contributed by atoms with Crippen LogP contribution >= 0.6 is 0 Å².